The number of benzene rings is 1. The number of rotatable bonds is 8. The highest BCUT2D eigenvalue weighted by Gasteiger charge is 2.11. The van der Waals surface area contributed by atoms with E-state index >= 15 is 0 Å². The summed E-state index contributed by atoms with van der Waals surface area (Å²) in [5.74, 6) is -0.219. The molecule has 0 atom stereocenters. The maximum atomic E-state index is 11.6. The van der Waals surface area contributed by atoms with Gasteiger partial charge in [-0.3, -0.25) is 4.79 Å². The van der Waals surface area contributed by atoms with E-state index in [2.05, 4.69) is 5.32 Å². The van der Waals surface area contributed by atoms with Crippen molar-refractivity contribution < 1.29 is 19.1 Å². The van der Waals surface area contributed by atoms with E-state index in [1.807, 2.05) is 45.9 Å². The van der Waals surface area contributed by atoms with Gasteiger partial charge in [-0.05, 0) is 49.9 Å². The number of aryl methyl sites for hydroxylation is 2. The number of carbonyl (C=O) groups excluding carboxylic acids is 2. The fraction of sp³-hybridized carbons (Fsp3) is 0.529. The summed E-state index contributed by atoms with van der Waals surface area (Å²) in [5, 5.41) is 2.80. The van der Waals surface area contributed by atoms with E-state index in [0.717, 1.165) is 24.0 Å². The van der Waals surface area contributed by atoms with E-state index in [1.165, 1.54) is 0 Å². The van der Waals surface area contributed by atoms with Gasteiger partial charge >= 0.3 is 5.97 Å². The second-order valence-corrected chi connectivity index (χ2v) is 5.35. The summed E-state index contributed by atoms with van der Waals surface area (Å²) in [6, 6.07) is 5.84. The number of hydrogen-bond acceptors (Lipinski definition) is 4. The molecule has 1 aromatic rings. The Balaban J connectivity index is 2.33. The van der Waals surface area contributed by atoms with Crippen molar-refractivity contribution in [1.82, 2.24) is 5.32 Å². The van der Waals surface area contributed by atoms with Crippen LogP contribution < -0.4 is 10.1 Å². The van der Waals surface area contributed by atoms with Crippen molar-refractivity contribution >= 4 is 11.9 Å². The highest BCUT2D eigenvalue weighted by molar-refractivity contribution is 5.81. The molecule has 1 rings (SSSR count). The van der Waals surface area contributed by atoms with Gasteiger partial charge in [-0.15, -0.1) is 0 Å². The highest BCUT2D eigenvalue weighted by atomic mass is 16.6. The highest BCUT2D eigenvalue weighted by Crippen LogP contribution is 2.16. The molecule has 0 fully saturated rings. The van der Waals surface area contributed by atoms with Crippen molar-refractivity contribution in [2.24, 2.45) is 0 Å². The Hall–Kier alpha value is -2.04. The van der Waals surface area contributed by atoms with Crippen LogP contribution in [0.2, 0.25) is 0 Å². The lowest BCUT2D eigenvalue weighted by molar-refractivity contribution is -0.150. The van der Waals surface area contributed by atoms with Crippen molar-refractivity contribution in [2.75, 3.05) is 13.2 Å². The Kier molecular flexibility index (Phi) is 7.43. The van der Waals surface area contributed by atoms with Crippen LogP contribution >= 0.6 is 0 Å². The maximum Gasteiger partial charge on any atom is 0.344 e. The van der Waals surface area contributed by atoms with Gasteiger partial charge in [-0.1, -0.05) is 19.9 Å². The summed E-state index contributed by atoms with van der Waals surface area (Å²) in [7, 11) is 0. The van der Waals surface area contributed by atoms with Crippen LogP contribution in [-0.4, -0.2) is 31.1 Å². The molecule has 0 heterocycles. The van der Waals surface area contributed by atoms with Crippen LogP contribution in [0.5, 0.6) is 5.75 Å². The Morgan fingerprint density at radius 3 is 2.18 bits per heavy atom. The average molecular weight is 307 g/mol. The molecule has 1 amide bonds. The van der Waals surface area contributed by atoms with Gasteiger partial charge in [0.2, 0.25) is 0 Å². The number of esters is 1. The summed E-state index contributed by atoms with van der Waals surface area (Å²) >= 11 is 0. The van der Waals surface area contributed by atoms with Crippen molar-refractivity contribution in [1.29, 1.82) is 0 Å². The molecule has 0 aliphatic heterocycles. The van der Waals surface area contributed by atoms with Crippen LogP contribution in [0.3, 0.4) is 0 Å². The molecule has 1 aromatic carbocycles. The second kappa shape index (κ2) is 9.07. The first-order valence-electron chi connectivity index (χ1n) is 7.60. The summed E-state index contributed by atoms with van der Waals surface area (Å²) in [6.45, 7) is 7.43. The van der Waals surface area contributed by atoms with Crippen LogP contribution in [0.4, 0.5) is 0 Å². The largest absolute Gasteiger partial charge is 0.482 e. The minimum Gasteiger partial charge on any atom is -0.482 e. The lowest BCUT2D eigenvalue weighted by Crippen LogP contribution is -2.37. The van der Waals surface area contributed by atoms with Gasteiger partial charge in [0, 0.05) is 6.04 Å². The van der Waals surface area contributed by atoms with E-state index in [4.69, 9.17) is 9.47 Å². The van der Waals surface area contributed by atoms with Crippen molar-refractivity contribution in [3.8, 4) is 5.75 Å². The Morgan fingerprint density at radius 1 is 1.05 bits per heavy atom. The Labute approximate surface area is 132 Å². The molecule has 0 saturated carbocycles. The zero-order valence-electron chi connectivity index (χ0n) is 13.8. The van der Waals surface area contributed by atoms with Gasteiger partial charge < -0.3 is 14.8 Å². The predicted molar refractivity (Wildman–Crippen MR) is 84.9 cm³/mol. The van der Waals surface area contributed by atoms with Crippen molar-refractivity contribution in [3.63, 3.8) is 0 Å². The van der Waals surface area contributed by atoms with Gasteiger partial charge in [-0.2, -0.15) is 0 Å². The van der Waals surface area contributed by atoms with Crippen molar-refractivity contribution in [2.45, 2.75) is 46.6 Å². The molecule has 0 spiro atoms. The Bertz CT molecular complexity index is 489. The zero-order valence-corrected chi connectivity index (χ0v) is 13.8. The number of hydrogen-bond donors (Lipinski definition) is 1. The van der Waals surface area contributed by atoms with E-state index in [9.17, 15) is 9.59 Å². The van der Waals surface area contributed by atoms with Crippen LogP contribution in [-0.2, 0) is 14.3 Å². The molecule has 0 aliphatic carbocycles. The zero-order chi connectivity index (χ0) is 16.5. The fourth-order valence-corrected chi connectivity index (χ4v) is 2.11. The smallest absolute Gasteiger partial charge is 0.344 e. The van der Waals surface area contributed by atoms with Crippen molar-refractivity contribution in [3.05, 3.63) is 29.3 Å². The van der Waals surface area contributed by atoms with Gasteiger partial charge in [0.15, 0.2) is 13.2 Å². The van der Waals surface area contributed by atoms with E-state index in [-0.39, 0.29) is 25.2 Å². The lowest BCUT2D eigenvalue weighted by atomic mass is 10.1. The fourth-order valence-electron chi connectivity index (χ4n) is 2.11. The van der Waals surface area contributed by atoms with Gasteiger partial charge in [-0.25, -0.2) is 4.79 Å². The molecule has 1 N–H and O–H groups in total. The van der Waals surface area contributed by atoms with Gasteiger partial charge in [0.25, 0.3) is 5.91 Å². The minimum atomic E-state index is -0.557. The molecule has 5 nitrogen and oxygen atoms in total. The molecule has 0 saturated heterocycles. The third-order valence-electron chi connectivity index (χ3n) is 3.27. The maximum absolute atomic E-state index is 11.6. The SMILES string of the molecule is CCC(CC)NC(=O)COC(=O)COc1cc(C)cc(C)c1. The molecular formula is C17H25NO4. The van der Waals surface area contributed by atoms with Crippen LogP contribution in [0.25, 0.3) is 0 Å². The Morgan fingerprint density at radius 2 is 1.64 bits per heavy atom. The molecule has 0 unspecified atom stereocenters. The van der Waals surface area contributed by atoms with E-state index in [0.29, 0.717) is 5.75 Å². The molecular weight excluding hydrogens is 282 g/mol. The molecule has 122 valence electrons. The molecule has 0 aromatic heterocycles. The van der Waals surface area contributed by atoms with Gasteiger partial charge in [0.1, 0.15) is 5.75 Å². The standard InChI is InChI=1S/C17H25NO4/c1-5-14(6-2)18-16(19)10-22-17(20)11-21-15-8-12(3)7-13(4)9-15/h7-9,14H,5-6,10-11H2,1-4H3,(H,18,19). The van der Waals surface area contributed by atoms with Crippen LogP contribution in [0.1, 0.15) is 37.8 Å². The van der Waals surface area contributed by atoms with Crippen LogP contribution in [0, 0.1) is 13.8 Å². The molecule has 22 heavy (non-hydrogen) atoms. The minimum absolute atomic E-state index is 0.123. The van der Waals surface area contributed by atoms with E-state index < -0.39 is 5.97 Å². The predicted octanol–water partition coefficient (Wildman–Crippen LogP) is 2.53. The summed E-state index contributed by atoms with van der Waals surface area (Å²) in [6.07, 6.45) is 1.71. The third-order valence-corrected chi connectivity index (χ3v) is 3.27. The number of nitrogens with one attached hydrogen (secondary N) is 1. The monoisotopic (exact) mass is 307 g/mol. The molecule has 0 radical (unpaired) electrons. The normalized spacial score (nSPS) is 10.4. The lowest BCUT2D eigenvalue weighted by Gasteiger charge is -2.14. The molecule has 0 bridgehead atoms. The summed E-state index contributed by atoms with van der Waals surface area (Å²) in [4.78, 5) is 23.2. The first kappa shape index (κ1) is 18.0. The van der Waals surface area contributed by atoms with E-state index in [1.54, 1.807) is 0 Å². The average Bonchev–Trinajstić information content (AvgIpc) is 2.47. The topological polar surface area (TPSA) is 64.6 Å². The number of ether oxygens (including phenoxy) is 2. The molecule has 5 heteroatoms. The third kappa shape index (κ3) is 6.61. The first-order valence-corrected chi connectivity index (χ1v) is 7.60. The van der Waals surface area contributed by atoms with Gasteiger partial charge in [0.05, 0.1) is 0 Å². The molecule has 0 aliphatic rings. The summed E-state index contributed by atoms with van der Waals surface area (Å²) < 4.78 is 10.3. The number of amides is 1. The second-order valence-electron chi connectivity index (χ2n) is 5.35. The number of carbonyl (C=O) groups is 2. The van der Waals surface area contributed by atoms with Crippen LogP contribution in [0.15, 0.2) is 18.2 Å². The summed E-state index contributed by atoms with van der Waals surface area (Å²) in [5.41, 5.74) is 2.13. The quantitative estimate of drug-likeness (QED) is 0.750. The first-order chi connectivity index (χ1) is 10.4.